The standard InChI is InChI=1S/C14H19ClN2O.ClH/c1-14(2,3)12(16)13(18)17-8-7-9-10(15)5-4-6-11(9)17;/h4-6,12H,7-8,16H2,1-3H3;1H/t12-;/m1./s1. The Balaban J connectivity index is 0.00000180. The molecule has 1 aliphatic heterocycles. The van der Waals surface area contributed by atoms with Crippen LogP contribution in [0.5, 0.6) is 0 Å². The summed E-state index contributed by atoms with van der Waals surface area (Å²) >= 11 is 6.14. The number of carbonyl (C=O) groups excluding carboxylic acids is 1. The van der Waals surface area contributed by atoms with Crippen LogP contribution in [-0.4, -0.2) is 18.5 Å². The first kappa shape index (κ1) is 16.3. The van der Waals surface area contributed by atoms with Crippen molar-refractivity contribution in [3.63, 3.8) is 0 Å². The Morgan fingerprint density at radius 2 is 2.05 bits per heavy atom. The molecule has 106 valence electrons. The maximum atomic E-state index is 12.4. The van der Waals surface area contributed by atoms with Crippen LogP contribution in [0.2, 0.25) is 5.02 Å². The van der Waals surface area contributed by atoms with E-state index in [0.717, 1.165) is 22.7 Å². The number of rotatable bonds is 1. The number of carbonyl (C=O) groups is 1. The van der Waals surface area contributed by atoms with E-state index in [0.29, 0.717) is 6.54 Å². The van der Waals surface area contributed by atoms with Gasteiger partial charge in [-0.15, -0.1) is 12.4 Å². The summed E-state index contributed by atoms with van der Waals surface area (Å²) in [4.78, 5) is 14.2. The average molecular weight is 303 g/mol. The van der Waals surface area contributed by atoms with E-state index in [1.165, 1.54) is 0 Å². The molecule has 0 aliphatic carbocycles. The summed E-state index contributed by atoms with van der Waals surface area (Å²) in [6, 6.07) is 5.16. The first-order chi connectivity index (χ1) is 8.32. The minimum Gasteiger partial charge on any atom is -0.319 e. The third kappa shape index (κ3) is 3.04. The van der Waals surface area contributed by atoms with Crippen molar-refractivity contribution in [2.75, 3.05) is 11.4 Å². The minimum atomic E-state index is -0.498. The lowest BCUT2D eigenvalue weighted by atomic mass is 9.86. The number of hydrogen-bond donors (Lipinski definition) is 1. The highest BCUT2D eigenvalue weighted by atomic mass is 35.5. The zero-order chi connectivity index (χ0) is 13.5. The van der Waals surface area contributed by atoms with Crippen molar-refractivity contribution in [3.8, 4) is 0 Å². The van der Waals surface area contributed by atoms with Crippen LogP contribution in [0, 0.1) is 5.41 Å². The van der Waals surface area contributed by atoms with Gasteiger partial charge in [0.25, 0.3) is 0 Å². The maximum Gasteiger partial charge on any atom is 0.244 e. The number of nitrogens with zero attached hydrogens (tertiary/aromatic N) is 1. The van der Waals surface area contributed by atoms with Gasteiger partial charge in [-0.3, -0.25) is 4.79 Å². The van der Waals surface area contributed by atoms with E-state index in [9.17, 15) is 4.79 Å². The molecule has 1 amide bonds. The zero-order valence-electron chi connectivity index (χ0n) is 11.4. The predicted octanol–water partition coefficient (Wildman–Crippen LogP) is 3.02. The van der Waals surface area contributed by atoms with Crippen molar-refractivity contribution >= 4 is 35.6 Å². The normalized spacial score (nSPS) is 15.7. The molecule has 0 aromatic heterocycles. The second-order valence-electron chi connectivity index (χ2n) is 5.82. The molecule has 2 rings (SSSR count). The highest BCUT2D eigenvalue weighted by Crippen LogP contribution is 2.34. The van der Waals surface area contributed by atoms with E-state index < -0.39 is 6.04 Å². The molecule has 19 heavy (non-hydrogen) atoms. The molecular formula is C14H20Cl2N2O. The van der Waals surface area contributed by atoms with Crippen LogP contribution < -0.4 is 10.6 Å². The van der Waals surface area contributed by atoms with Crippen molar-refractivity contribution in [3.05, 3.63) is 28.8 Å². The molecule has 5 heteroatoms. The van der Waals surface area contributed by atoms with Gasteiger partial charge in [0.05, 0.1) is 6.04 Å². The van der Waals surface area contributed by atoms with Crippen molar-refractivity contribution in [2.24, 2.45) is 11.1 Å². The molecule has 0 fully saturated rings. The Kier molecular flexibility index (Phi) is 4.88. The van der Waals surface area contributed by atoms with Crippen LogP contribution in [0.15, 0.2) is 18.2 Å². The van der Waals surface area contributed by atoms with Crippen molar-refractivity contribution < 1.29 is 4.79 Å². The van der Waals surface area contributed by atoms with Gasteiger partial charge in [-0.05, 0) is 29.5 Å². The van der Waals surface area contributed by atoms with Crippen LogP contribution in [-0.2, 0) is 11.2 Å². The zero-order valence-corrected chi connectivity index (χ0v) is 13.0. The lowest BCUT2D eigenvalue weighted by molar-refractivity contribution is -0.121. The second kappa shape index (κ2) is 5.70. The van der Waals surface area contributed by atoms with Crippen LogP contribution >= 0.6 is 24.0 Å². The number of nitrogens with two attached hydrogens (primary N) is 1. The van der Waals surface area contributed by atoms with Gasteiger partial charge in [0, 0.05) is 17.3 Å². The Morgan fingerprint density at radius 3 is 2.63 bits per heavy atom. The highest BCUT2D eigenvalue weighted by molar-refractivity contribution is 6.32. The fourth-order valence-electron chi connectivity index (χ4n) is 2.16. The van der Waals surface area contributed by atoms with Gasteiger partial charge in [-0.25, -0.2) is 0 Å². The summed E-state index contributed by atoms with van der Waals surface area (Å²) < 4.78 is 0. The fraction of sp³-hybridized carbons (Fsp3) is 0.500. The molecule has 1 aliphatic rings. The monoisotopic (exact) mass is 302 g/mol. The predicted molar refractivity (Wildman–Crippen MR) is 82.2 cm³/mol. The first-order valence-corrected chi connectivity index (χ1v) is 6.54. The Hall–Kier alpha value is -0.770. The van der Waals surface area contributed by atoms with Gasteiger partial charge >= 0.3 is 0 Å². The SMILES string of the molecule is CC(C)(C)[C@H](N)C(=O)N1CCc2c(Cl)cccc21.Cl. The van der Waals surface area contributed by atoms with Crippen molar-refractivity contribution in [1.29, 1.82) is 0 Å². The smallest absolute Gasteiger partial charge is 0.244 e. The molecule has 0 radical (unpaired) electrons. The number of amides is 1. The summed E-state index contributed by atoms with van der Waals surface area (Å²) in [5.41, 5.74) is 7.77. The summed E-state index contributed by atoms with van der Waals surface area (Å²) in [6.45, 7) is 6.60. The molecular weight excluding hydrogens is 283 g/mol. The van der Waals surface area contributed by atoms with E-state index >= 15 is 0 Å². The minimum absolute atomic E-state index is 0. The summed E-state index contributed by atoms with van der Waals surface area (Å²) in [5, 5.41) is 0.729. The lowest BCUT2D eigenvalue weighted by Crippen LogP contribution is -2.50. The third-order valence-electron chi connectivity index (χ3n) is 3.44. The van der Waals surface area contributed by atoms with E-state index in [1.54, 1.807) is 4.90 Å². The van der Waals surface area contributed by atoms with Crippen molar-refractivity contribution in [2.45, 2.75) is 33.2 Å². The van der Waals surface area contributed by atoms with E-state index in [2.05, 4.69) is 0 Å². The topological polar surface area (TPSA) is 46.3 Å². The molecule has 0 unspecified atom stereocenters. The van der Waals surface area contributed by atoms with Gasteiger partial charge in [0.15, 0.2) is 0 Å². The lowest BCUT2D eigenvalue weighted by Gasteiger charge is -2.30. The van der Waals surface area contributed by atoms with E-state index in [-0.39, 0.29) is 23.7 Å². The summed E-state index contributed by atoms with van der Waals surface area (Å²) in [7, 11) is 0. The van der Waals surface area contributed by atoms with Crippen LogP contribution in [0.3, 0.4) is 0 Å². The molecule has 3 nitrogen and oxygen atoms in total. The van der Waals surface area contributed by atoms with Gasteiger partial charge in [-0.2, -0.15) is 0 Å². The number of benzene rings is 1. The van der Waals surface area contributed by atoms with E-state index in [4.69, 9.17) is 17.3 Å². The number of hydrogen-bond acceptors (Lipinski definition) is 2. The Bertz CT molecular complexity index is 483. The molecule has 1 heterocycles. The Morgan fingerprint density at radius 1 is 1.42 bits per heavy atom. The molecule has 1 aromatic carbocycles. The summed E-state index contributed by atoms with van der Waals surface area (Å²) in [6.07, 6.45) is 0.803. The van der Waals surface area contributed by atoms with Crippen LogP contribution in [0.25, 0.3) is 0 Å². The average Bonchev–Trinajstić information content (AvgIpc) is 2.71. The fourth-order valence-corrected chi connectivity index (χ4v) is 2.42. The molecule has 0 spiro atoms. The molecule has 0 bridgehead atoms. The number of anilines is 1. The third-order valence-corrected chi connectivity index (χ3v) is 3.79. The van der Waals surface area contributed by atoms with Crippen LogP contribution in [0.1, 0.15) is 26.3 Å². The van der Waals surface area contributed by atoms with Gasteiger partial charge < -0.3 is 10.6 Å². The van der Waals surface area contributed by atoms with Crippen molar-refractivity contribution in [1.82, 2.24) is 0 Å². The van der Waals surface area contributed by atoms with Gasteiger partial charge in [0.2, 0.25) is 5.91 Å². The quantitative estimate of drug-likeness (QED) is 0.867. The number of halogens is 2. The van der Waals surface area contributed by atoms with Gasteiger partial charge in [-0.1, -0.05) is 38.4 Å². The Labute approximate surface area is 125 Å². The number of fused-ring (bicyclic) bond motifs is 1. The van der Waals surface area contributed by atoms with E-state index in [1.807, 2.05) is 39.0 Å². The summed E-state index contributed by atoms with van der Waals surface area (Å²) in [5.74, 6) is -0.0245. The van der Waals surface area contributed by atoms with Gasteiger partial charge in [0.1, 0.15) is 0 Å². The molecule has 2 N–H and O–H groups in total. The second-order valence-corrected chi connectivity index (χ2v) is 6.23. The molecule has 0 saturated carbocycles. The first-order valence-electron chi connectivity index (χ1n) is 6.16. The van der Waals surface area contributed by atoms with Crippen LogP contribution in [0.4, 0.5) is 5.69 Å². The molecule has 1 atom stereocenters. The molecule has 1 aromatic rings. The molecule has 0 saturated heterocycles. The largest absolute Gasteiger partial charge is 0.319 e. The maximum absolute atomic E-state index is 12.4. The highest BCUT2D eigenvalue weighted by Gasteiger charge is 2.34.